The second kappa shape index (κ2) is 7.63. The third-order valence-electron chi connectivity index (χ3n) is 4.82. The van der Waals surface area contributed by atoms with E-state index in [-0.39, 0.29) is 0 Å². The highest BCUT2D eigenvalue weighted by atomic mass is 35.5. The van der Waals surface area contributed by atoms with E-state index >= 15 is 0 Å². The van der Waals surface area contributed by atoms with Crippen molar-refractivity contribution in [3.05, 3.63) is 53.4 Å². The zero-order chi connectivity index (χ0) is 19.8. The summed E-state index contributed by atoms with van der Waals surface area (Å²) in [7, 11) is 1.72. The molecule has 5 atom stereocenters. The number of hydrogen-bond donors (Lipinski definition) is 5. The lowest BCUT2D eigenvalue weighted by atomic mass is 9.99. The number of halogens is 1. The molecule has 1 saturated heterocycles. The highest BCUT2D eigenvalue weighted by Gasteiger charge is 2.47. The lowest BCUT2D eigenvalue weighted by Crippen LogP contribution is -2.34. The summed E-state index contributed by atoms with van der Waals surface area (Å²) >= 11 is 5.88. The fraction of sp³-hybridized carbons (Fsp3) is 0.333. The molecule has 0 amide bonds. The van der Waals surface area contributed by atoms with Crippen LogP contribution in [0.25, 0.3) is 11.0 Å². The molecule has 1 unspecified atom stereocenters. The number of nitrogens with one attached hydrogen (secondary N) is 2. The summed E-state index contributed by atoms with van der Waals surface area (Å²) in [5, 5.41) is 33.0. The van der Waals surface area contributed by atoms with Gasteiger partial charge in [-0.3, -0.25) is 0 Å². The Morgan fingerprint density at radius 1 is 1.14 bits per heavy atom. The van der Waals surface area contributed by atoms with Crippen molar-refractivity contribution < 1.29 is 20.1 Å². The molecule has 0 aliphatic carbocycles. The van der Waals surface area contributed by atoms with E-state index in [0.29, 0.717) is 27.4 Å². The number of fused-ring (bicyclic) bond motifs is 1. The van der Waals surface area contributed by atoms with Crippen LogP contribution in [0.3, 0.4) is 0 Å². The van der Waals surface area contributed by atoms with Crippen molar-refractivity contribution in [1.29, 1.82) is 0 Å². The van der Waals surface area contributed by atoms with Gasteiger partial charge in [-0.15, -0.1) is 0 Å². The quantitative estimate of drug-likeness (QED) is 0.398. The minimum atomic E-state index is -1.29. The molecule has 1 fully saturated rings. The van der Waals surface area contributed by atoms with Gasteiger partial charge in [-0.25, -0.2) is 15.4 Å². The molecule has 0 spiro atoms. The van der Waals surface area contributed by atoms with Crippen LogP contribution < -0.4 is 10.9 Å². The van der Waals surface area contributed by atoms with E-state index in [4.69, 9.17) is 16.3 Å². The number of hydrogen-bond acceptors (Lipinski definition) is 8. The SMILES string of the molecule is CNNc1ncnc2c1ccn2C1O[C@H]([C@H](O)c2ccc(Cl)cc2)[C@@H](O)[C@H]1O. The fourth-order valence-electron chi connectivity index (χ4n) is 3.42. The standard InChI is InChI=1S/C18H20ClN5O4/c1-20-23-16-11-6-7-24(17(11)22-8-21-16)18-14(27)13(26)15(28-18)12(25)9-2-4-10(19)5-3-9/h2-8,12-15,18,20,25-27H,1H3,(H,21,22,23)/t12-,13+,14-,15-,18?/m1/s1. The summed E-state index contributed by atoms with van der Waals surface area (Å²) in [6.07, 6.45) is -2.53. The van der Waals surface area contributed by atoms with Gasteiger partial charge in [0.1, 0.15) is 36.4 Å². The Labute approximate surface area is 165 Å². The average Bonchev–Trinajstić information content (AvgIpc) is 3.25. The molecule has 1 aliphatic heterocycles. The van der Waals surface area contributed by atoms with Crippen molar-refractivity contribution in [3.8, 4) is 0 Å². The van der Waals surface area contributed by atoms with Crippen molar-refractivity contribution in [3.63, 3.8) is 0 Å². The lowest BCUT2D eigenvalue weighted by Gasteiger charge is -2.21. The van der Waals surface area contributed by atoms with Crippen LogP contribution in [0.15, 0.2) is 42.9 Å². The maximum atomic E-state index is 10.6. The molecular weight excluding hydrogens is 386 g/mol. The number of anilines is 1. The van der Waals surface area contributed by atoms with Crippen molar-refractivity contribution >= 4 is 28.5 Å². The van der Waals surface area contributed by atoms with E-state index in [1.54, 1.807) is 48.1 Å². The first-order valence-electron chi connectivity index (χ1n) is 8.70. The normalized spacial score (nSPS) is 25.9. The Bertz CT molecular complexity index is 966. The largest absolute Gasteiger partial charge is 0.387 e. The number of nitrogens with zero attached hydrogens (tertiary/aromatic N) is 3. The molecule has 9 nitrogen and oxygen atoms in total. The molecule has 2 aromatic heterocycles. The fourth-order valence-corrected chi connectivity index (χ4v) is 3.55. The maximum Gasteiger partial charge on any atom is 0.164 e. The topological polar surface area (TPSA) is 125 Å². The number of ether oxygens (including phenoxy) is 1. The maximum absolute atomic E-state index is 10.6. The second-order valence-electron chi connectivity index (χ2n) is 6.53. The van der Waals surface area contributed by atoms with Crippen LogP contribution in [0.5, 0.6) is 0 Å². The number of rotatable bonds is 5. The summed E-state index contributed by atoms with van der Waals surface area (Å²) in [6, 6.07) is 8.36. The predicted molar refractivity (Wildman–Crippen MR) is 103 cm³/mol. The number of benzene rings is 1. The summed E-state index contributed by atoms with van der Waals surface area (Å²) in [6.45, 7) is 0. The van der Waals surface area contributed by atoms with Crippen LogP contribution in [-0.4, -0.2) is 55.2 Å². The lowest BCUT2D eigenvalue weighted by molar-refractivity contribution is -0.0848. The third-order valence-corrected chi connectivity index (χ3v) is 5.08. The number of hydrazine groups is 1. The van der Waals surface area contributed by atoms with E-state index in [9.17, 15) is 15.3 Å². The van der Waals surface area contributed by atoms with Crippen LogP contribution in [0.2, 0.25) is 5.02 Å². The molecule has 5 N–H and O–H groups in total. The van der Waals surface area contributed by atoms with E-state index in [2.05, 4.69) is 20.8 Å². The van der Waals surface area contributed by atoms with E-state index in [1.807, 2.05) is 0 Å². The number of aliphatic hydroxyl groups excluding tert-OH is 3. The van der Waals surface area contributed by atoms with Gasteiger partial charge in [0.05, 0.1) is 5.39 Å². The Balaban J connectivity index is 1.64. The zero-order valence-corrected chi connectivity index (χ0v) is 15.7. The highest BCUT2D eigenvalue weighted by Crippen LogP contribution is 2.38. The molecular formula is C18H20ClN5O4. The van der Waals surface area contributed by atoms with Gasteiger partial charge in [0, 0.05) is 18.3 Å². The van der Waals surface area contributed by atoms with E-state index < -0.39 is 30.6 Å². The van der Waals surface area contributed by atoms with Gasteiger partial charge in [0.25, 0.3) is 0 Å². The van der Waals surface area contributed by atoms with Gasteiger partial charge in [-0.2, -0.15) is 0 Å². The van der Waals surface area contributed by atoms with Crippen LogP contribution in [-0.2, 0) is 4.74 Å². The first kappa shape index (κ1) is 19.1. The van der Waals surface area contributed by atoms with E-state index in [1.165, 1.54) is 6.33 Å². The molecule has 3 heterocycles. The molecule has 10 heteroatoms. The Hall–Kier alpha value is -2.27. The van der Waals surface area contributed by atoms with E-state index in [0.717, 1.165) is 0 Å². The van der Waals surface area contributed by atoms with Crippen molar-refractivity contribution in [1.82, 2.24) is 20.0 Å². The Kier molecular flexibility index (Phi) is 5.19. The molecule has 4 rings (SSSR count). The van der Waals surface area contributed by atoms with Gasteiger partial charge in [0.2, 0.25) is 0 Å². The number of aliphatic hydroxyl groups is 3. The minimum Gasteiger partial charge on any atom is -0.387 e. The first-order chi connectivity index (χ1) is 13.5. The van der Waals surface area contributed by atoms with Gasteiger partial charge in [0.15, 0.2) is 12.0 Å². The monoisotopic (exact) mass is 405 g/mol. The predicted octanol–water partition coefficient (Wildman–Crippen LogP) is 0.984. The molecule has 0 radical (unpaired) electrons. The second-order valence-corrected chi connectivity index (χ2v) is 6.96. The first-order valence-corrected chi connectivity index (χ1v) is 9.08. The van der Waals surface area contributed by atoms with Gasteiger partial charge >= 0.3 is 0 Å². The molecule has 3 aromatic rings. The Morgan fingerprint density at radius 2 is 1.89 bits per heavy atom. The molecule has 148 valence electrons. The molecule has 28 heavy (non-hydrogen) atoms. The zero-order valence-electron chi connectivity index (χ0n) is 14.9. The number of aromatic nitrogens is 3. The summed E-state index contributed by atoms with van der Waals surface area (Å²) in [5.41, 5.74) is 6.76. The Morgan fingerprint density at radius 3 is 2.61 bits per heavy atom. The molecule has 1 aromatic carbocycles. The van der Waals surface area contributed by atoms with Crippen LogP contribution in [0.4, 0.5) is 5.82 Å². The van der Waals surface area contributed by atoms with Gasteiger partial charge in [-0.05, 0) is 23.8 Å². The van der Waals surface area contributed by atoms with Crippen LogP contribution >= 0.6 is 11.6 Å². The summed E-state index contributed by atoms with van der Waals surface area (Å²) < 4.78 is 7.48. The molecule has 0 saturated carbocycles. The van der Waals surface area contributed by atoms with Crippen molar-refractivity contribution in [2.75, 3.05) is 12.5 Å². The smallest absolute Gasteiger partial charge is 0.164 e. The van der Waals surface area contributed by atoms with Crippen molar-refractivity contribution in [2.45, 2.75) is 30.6 Å². The molecule has 0 bridgehead atoms. The van der Waals surface area contributed by atoms with Crippen LogP contribution in [0.1, 0.15) is 17.9 Å². The minimum absolute atomic E-state index is 0.519. The summed E-state index contributed by atoms with van der Waals surface area (Å²) in [4.78, 5) is 8.42. The third kappa shape index (κ3) is 3.22. The molecule has 1 aliphatic rings. The summed E-state index contributed by atoms with van der Waals surface area (Å²) in [5.74, 6) is 0.567. The van der Waals surface area contributed by atoms with Crippen molar-refractivity contribution in [2.24, 2.45) is 0 Å². The van der Waals surface area contributed by atoms with Gasteiger partial charge in [-0.1, -0.05) is 23.7 Å². The average molecular weight is 406 g/mol. The van der Waals surface area contributed by atoms with Gasteiger partial charge < -0.3 is 30.0 Å². The highest BCUT2D eigenvalue weighted by molar-refractivity contribution is 6.30. The van der Waals surface area contributed by atoms with Crippen LogP contribution in [0, 0.1) is 0 Å².